The number of fused-ring (bicyclic) bond motifs is 1. The molecule has 132 valence electrons. The summed E-state index contributed by atoms with van der Waals surface area (Å²) in [6.45, 7) is 1.88. The lowest BCUT2D eigenvalue weighted by Gasteiger charge is -2.14. The van der Waals surface area contributed by atoms with Gasteiger partial charge in [-0.3, -0.25) is 9.78 Å². The summed E-state index contributed by atoms with van der Waals surface area (Å²) < 4.78 is 6.24. The van der Waals surface area contributed by atoms with Crippen LogP contribution in [0.4, 0.5) is 0 Å². The number of furan rings is 1. The monoisotopic (exact) mass is 417 g/mol. The second-order valence-corrected chi connectivity index (χ2v) is 7.10. The maximum absolute atomic E-state index is 13.1. The summed E-state index contributed by atoms with van der Waals surface area (Å²) in [5.74, 6) is 0.538. The first-order chi connectivity index (χ1) is 13.1. The van der Waals surface area contributed by atoms with Gasteiger partial charge in [0.05, 0.1) is 17.3 Å². The van der Waals surface area contributed by atoms with Crippen molar-refractivity contribution in [2.24, 2.45) is 0 Å². The molecule has 0 N–H and O–H groups in total. The number of carbonyl (C=O) groups is 1. The molecular formula is C23H16BrNO2. The first kappa shape index (κ1) is 17.4. The van der Waals surface area contributed by atoms with Gasteiger partial charge < -0.3 is 4.42 Å². The van der Waals surface area contributed by atoms with Crippen LogP contribution in [-0.4, -0.2) is 10.8 Å². The van der Waals surface area contributed by atoms with E-state index in [2.05, 4.69) is 20.9 Å². The zero-order valence-corrected chi connectivity index (χ0v) is 16.2. The molecule has 0 unspecified atom stereocenters. The third-order valence-electron chi connectivity index (χ3n) is 4.38. The minimum atomic E-state index is -0.0999. The second kappa shape index (κ2) is 7.33. The van der Waals surface area contributed by atoms with Gasteiger partial charge in [-0.1, -0.05) is 46.3 Å². The van der Waals surface area contributed by atoms with Gasteiger partial charge >= 0.3 is 0 Å². The average Bonchev–Trinajstić information content (AvgIpc) is 3.20. The minimum Gasteiger partial charge on any atom is -0.465 e. The van der Waals surface area contributed by atoms with Crippen LogP contribution in [0.15, 0.2) is 81.9 Å². The number of ketones is 1. The van der Waals surface area contributed by atoms with Crippen molar-refractivity contribution in [2.45, 2.75) is 6.92 Å². The van der Waals surface area contributed by atoms with Gasteiger partial charge in [-0.05, 0) is 55.0 Å². The molecule has 27 heavy (non-hydrogen) atoms. The van der Waals surface area contributed by atoms with Gasteiger partial charge in [0.15, 0.2) is 5.78 Å². The van der Waals surface area contributed by atoms with Crippen molar-refractivity contribution in [1.29, 1.82) is 0 Å². The standard InChI is InChI=1S/C23H16BrNO2/c1-15-22(21(26)12-10-18-8-5-13-27-18)23(16-6-3-2-4-7-16)19-14-17(24)9-11-20(19)25-15/h2-14H,1H3/b12-10-. The quantitative estimate of drug-likeness (QED) is 0.282. The summed E-state index contributed by atoms with van der Waals surface area (Å²) in [6.07, 6.45) is 4.81. The fourth-order valence-electron chi connectivity index (χ4n) is 3.19. The van der Waals surface area contributed by atoms with Gasteiger partial charge in [0.1, 0.15) is 5.76 Å². The Hall–Kier alpha value is -2.98. The van der Waals surface area contributed by atoms with E-state index >= 15 is 0 Å². The summed E-state index contributed by atoms with van der Waals surface area (Å²) in [6, 6.07) is 19.5. The maximum atomic E-state index is 13.1. The number of halogens is 1. The third kappa shape index (κ3) is 3.49. The molecule has 0 saturated carbocycles. The largest absolute Gasteiger partial charge is 0.465 e. The van der Waals surface area contributed by atoms with E-state index in [1.54, 1.807) is 24.5 Å². The van der Waals surface area contributed by atoms with Gasteiger partial charge in [0.2, 0.25) is 0 Å². The molecule has 0 radical (unpaired) electrons. The lowest BCUT2D eigenvalue weighted by Crippen LogP contribution is -2.05. The summed E-state index contributed by atoms with van der Waals surface area (Å²) in [7, 11) is 0. The zero-order valence-electron chi connectivity index (χ0n) is 14.6. The van der Waals surface area contributed by atoms with Crippen LogP contribution in [0.5, 0.6) is 0 Å². The van der Waals surface area contributed by atoms with E-state index in [0.717, 1.165) is 26.5 Å². The normalized spacial score (nSPS) is 11.3. The van der Waals surface area contributed by atoms with Crippen LogP contribution in [0.2, 0.25) is 0 Å². The summed E-state index contributed by atoms with van der Waals surface area (Å²) >= 11 is 3.54. The third-order valence-corrected chi connectivity index (χ3v) is 4.87. The van der Waals surface area contributed by atoms with Gasteiger partial charge in [0.25, 0.3) is 0 Å². The van der Waals surface area contributed by atoms with Crippen molar-refractivity contribution < 1.29 is 9.21 Å². The molecule has 2 aromatic heterocycles. The fraction of sp³-hybridized carbons (Fsp3) is 0.0435. The Kier molecular flexibility index (Phi) is 4.73. The second-order valence-electron chi connectivity index (χ2n) is 6.19. The molecule has 3 nitrogen and oxygen atoms in total. The van der Waals surface area contributed by atoms with Crippen molar-refractivity contribution in [3.63, 3.8) is 0 Å². The Morgan fingerprint density at radius 1 is 1.07 bits per heavy atom. The molecule has 0 atom stereocenters. The minimum absolute atomic E-state index is 0.0999. The van der Waals surface area contributed by atoms with Crippen LogP contribution in [-0.2, 0) is 0 Å². The lowest BCUT2D eigenvalue weighted by atomic mass is 9.92. The Balaban J connectivity index is 1.96. The summed E-state index contributed by atoms with van der Waals surface area (Å²) in [4.78, 5) is 17.8. The van der Waals surface area contributed by atoms with Gasteiger partial charge in [-0.25, -0.2) is 0 Å². The van der Waals surface area contributed by atoms with E-state index < -0.39 is 0 Å². The van der Waals surface area contributed by atoms with E-state index in [1.165, 1.54) is 0 Å². The number of rotatable bonds is 4. The maximum Gasteiger partial charge on any atom is 0.188 e. The van der Waals surface area contributed by atoms with E-state index in [4.69, 9.17) is 4.42 Å². The van der Waals surface area contributed by atoms with Crippen molar-refractivity contribution in [3.05, 3.63) is 94.5 Å². The highest BCUT2D eigenvalue weighted by atomic mass is 79.9. The Morgan fingerprint density at radius 2 is 1.89 bits per heavy atom. The van der Waals surface area contributed by atoms with Crippen LogP contribution in [0, 0.1) is 6.92 Å². The number of nitrogens with zero attached hydrogens (tertiary/aromatic N) is 1. The Bertz CT molecular complexity index is 1150. The highest BCUT2D eigenvalue weighted by molar-refractivity contribution is 9.10. The van der Waals surface area contributed by atoms with Gasteiger partial charge in [-0.2, -0.15) is 0 Å². The SMILES string of the molecule is Cc1nc2ccc(Br)cc2c(-c2ccccc2)c1C(=O)/C=C\c1ccco1. The molecule has 2 heterocycles. The molecule has 0 spiro atoms. The molecule has 0 fully saturated rings. The highest BCUT2D eigenvalue weighted by Gasteiger charge is 2.19. The number of hydrogen-bond acceptors (Lipinski definition) is 3. The zero-order chi connectivity index (χ0) is 18.8. The van der Waals surface area contributed by atoms with Gasteiger partial charge in [-0.15, -0.1) is 0 Å². The molecular weight excluding hydrogens is 402 g/mol. The van der Waals surface area contributed by atoms with E-state index in [1.807, 2.05) is 61.5 Å². The predicted octanol–water partition coefficient (Wildman–Crippen LogP) is 6.46. The first-order valence-corrected chi connectivity index (χ1v) is 9.34. The smallest absolute Gasteiger partial charge is 0.188 e. The Labute approximate surface area is 165 Å². The van der Waals surface area contributed by atoms with Crippen molar-refractivity contribution >= 4 is 38.7 Å². The molecule has 2 aromatic carbocycles. The number of pyridine rings is 1. The molecule has 0 aliphatic rings. The van der Waals surface area contributed by atoms with Crippen molar-refractivity contribution in [2.75, 3.05) is 0 Å². The number of carbonyl (C=O) groups excluding carboxylic acids is 1. The number of hydrogen-bond donors (Lipinski definition) is 0. The molecule has 0 saturated heterocycles. The molecule has 0 bridgehead atoms. The van der Waals surface area contributed by atoms with Crippen molar-refractivity contribution in [3.8, 4) is 11.1 Å². The average molecular weight is 418 g/mol. The first-order valence-electron chi connectivity index (χ1n) is 8.54. The highest BCUT2D eigenvalue weighted by Crippen LogP contribution is 2.35. The Morgan fingerprint density at radius 3 is 2.63 bits per heavy atom. The topological polar surface area (TPSA) is 43.1 Å². The summed E-state index contributed by atoms with van der Waals surface area (Å²) in [5.41, 5.74) is 4.06. The molecule has 4 aromatic rings. The fourth-order valence-corrected chi connectivity index (χ4v) is 3.55. The molecule has 0 amide bonds. The summed E-state index contributed by atoms with van der Waals surface area (Å²) in [5, 5.41) is 0.941. The lowest BCUT2D eigenvalue weighted by molar-refractivity contribution is 0.104. The molecule has 4 heteroatoms. The van der Waals surface area contributed by atoms with Gasteiger partial charge in [0, 0.05) is 21.1 Å². The molecule has 0 aliphatic heterocycles. The van der Waals surface area contributed by atoms with E-state index in [9.17, 15) is 4.79 Å². The number of benzene rings is 2. The van der Waals surface area contributed by atoms with Crippen LogP contribution in [0.25, 0.3) is 28.1 Å². The van der Waals surface area contributed by atoms with Crippen LogP contribution < -0.4 is 0 Å². The van der Waals surface area contributed by atoms with Crippen molar-refractivity contribution in [1.82, 2.24) is 4.98 Å². The number of allylic oxidation sites excluding steroid dienone is 1. The number of aromatic nitrogens is 1. The van der Waals surface area contributed by atoms with Crippen LogP contribution in [0.1, 0.15) is 21.8 Å². The molecule has 0 aliphatic carbocycles. The van der Waals surface area contributed by atoms with E-state index in [-0.39, 0.29) is 5.78 Å². The molecule has 4 rings (SSSR count). The predicted molar refractivity (Wildman–Crippen MR) is 112 cm³/mol. The van der Waals surface area contributed by atoms with E-state index in [0.29, 0.717) is 17.0 Å². The van der Waals surface area contributed by atoms with Crippen LogP contribution in [0.3, 0.4) is 0 Å². The van der Waals surface area contributed by atoms with Crippen LogP contribution >= 0.6 is 15.9 Å². The number of aryl methyl sites for hydroxylation is 1.